The van der Waals surface area contributed by atoms with Gasteiger partial charge in [0.15, 0.2) is 0 Å². The van der Waals surface area contributed by atoms with E-state index in [1.54, 1.807) is 32.9 Å². The zero-order chi connectivity index (χ0) is 36.4. The third-order valence-corrected chi connectivity index (χ3v) is 6.61. The van der Waals surface area contributed by atoms with Crippen molar-refractivity contribution in [3.8, 4) is 0 Å². The molecule has 0 saturated heterocycles. The number of nitrogens with zero attached hydrogens (tertiary/aromatic N) is 3. The summed E-state index contributed by atoms with van der Waals surface area (Å²) < 4.78 is 104. The van der Waals surface area contributed by atoms with Crippen molar-refractivity contribution in [3.05, 3.63) is 106 Å². The molecule has 0 fully saturated rings. The van der Waals surface area contributed by atoms with Gasteiger partial charge in [-0.1, -0.05) is 24.3 Å². The minimum atomic E-state index is -4.41. The molecule has 0 aliphatic heterocycles. The van der Waals surface area contributed by atoms with E-state index in [0.29, 0.717) is 22.5 Å². The van der Waals surface area contributed by atoms with Crippen LogP contribution in [0.25, 0.3) is 24.3 Å². The van der Waals surface area contributed by atoms with E-state index >= 15 is 0 Å². The molecule has 9 nitrogen and oxygen atoms in total. The lowest BCUT2D eigenvalue weighted by molar-refractivity contribution is -0.138. The monoisotopic (exact) mass is 707 g/mol. The highest BCUT2D eigenvalue weighted by Crippen LogP contribution is 2.30. The van der Waals surface area contributed by atoms with Gasteiger partial charge in [-0.2, -0.15) is 26.3 Å². The van der Waals surface area contributed by atoms with Gasteiger partial charge in [0.25, 0.3) is 0 Å². The molecule has 0 aliphatic carbocycles. The average Bonchev–Trinajstić information content (AvgIpc) is 3.70. The Morgan fingerprint density at radius 2 is 1.08 bits per heavy atom. The van der Waals surface area contributed by atoms with Crippen LogP contribution in [0, 0.1) is 0 Å². The number of oxazole rings is 2. The molecule has 0 radical (unpaired) electrons. The summed E-state index contributed by atoms with van der Waals surface area (Å²) in [6, 6.07) is 9.33. The summed E-state index contributed by atoms with van der Waals surface area (Å²) in [4.78, 5) is 22.8. The van der Waals surface area contributed by atoms with Crippen molar-refractivity contribution in [2.45, 2.75) is 51.9 Å². The molecule has 4 rings (SSSR count). The molecule has 0 saturated carbocycles. The van der Waals surface area contributed by atoms with Gasteiger partial charge in [-0.3, -0.25) is 0 Å². The zero-order valence-electron chi connectivity index (χ0n) is 27.4. The van der Waals surface area contributed by atoms with Crippen LogP contribution >= 0.6 is 0 Å². The lowest BCUT2D eigenvalue weighted by Crippen LogP contribution is -2.40. The number of hydrogen-bond donors (Lipinski definition) is 0. The van der Waals surface area contributed by atoms with Crippen LogP contribution in [-0.2, 0) is 39.8 Å². The van der Waals surface area contributed by atoms with Gasteiger partial charge in [0.1, 0.15) is 29.5 Å². The summed E-state index contributed by atoms with van der Waals surface area (Å²) in [7, 11) is 0. The SMILES string of the molecule is CC(C)(C)OC(=O)N(CCOCc1coc(/C=C/c2ccc(C(F)(F)F)cc2)n1)CCOCc1coc(/C=C/c2ccc(C(F)(F)F)cc2)n1. The second-order valence-corrected chi connectivity index (χ2v) is 11.8. The normalized spacial score (nSPS) is 12.7. The highest BCUT2D eigenvalue weighted by molar-refractivity contribution is 5.68. The van der Waals surface area contributed by atoms with Gasteiger partial charge in [0, 0.05) is 25.2 Å². The second-order valence-electron chi connectivity index (χ2n) is 11.8. The van der Waals surface area contributed by atoms with Gasteiger partial charge in [-0.15, -0.1) is 0 Å². The Kier molecular flexibility index (Phi) is 12.6. The largest absolute Gasteiger partial charge is 0.445 e. The van der Waals surface area contributed by atoms with Gasteiger partial charge in [-0.05, 0) is 68.3 Å². The molecule has 0 unspecified atom stereocenters. The molecular formula is C35H35F6N3O6. The predicted molar refractivity (Wildman–Crippen MR) is 171 cm³/mol. The molecule has 0 aliphatic rings. The fourth-order valence-corrected chi connectivity index (χ4v) is 4.16. The number of ether oxygens (including phenoxy) is 3. The third kappa shape index (κ3) is 12.5. The molecule has 15 heteroatoms. The number of carbonyl (C=O) groups excluding carboxylic acids is 1. The average molecular weight is 708 g/mol. The van der Waals surface area contributed by atoms with Crippen molar-refractivity contribution in [2.24, 2.45) is 0 Å². The number of aromatic nitrogens is 2. The zero-order valence-corrected chi connectivity index (χ0v) is 27.4. The summed E-state index contributed by atoms with van der Waals surface area (Å²) in [6.07, 6.45) is -0.393. The molecule has 1 amide bonds. The number of benzene rings is 2. The van der Waals surface area contributed by atoms with Gasteiger partial charge in [-0.25, -0.2) is 14.8 Å². The Balaban J connectivity index is 1.21. The molecule has 0 bridgehead atoms. The number of halogens is 6. The molecule has 4 aromatic rings. The number of rotatable bonds is 14. The van der Waals surface area contributed by atoms with Gasteiger partial charge in [0.05, 0.1) is 37.6 Å². The van der Waals surface area contributed by atoms with E-state index in [4.69, 9.17) is 23.0 Å². The number of alkyl halides is 6. The van der Waals surface area contributed by atoms with Crippen molar-refractivity contribution in [3.63, 3.8) is 0 Å². The van der Waals surface area contributed by atoms with Crippen molar-refractivity contribution < 1.29 is 54.2 Å². The number of carbonyl (C=O) groups is 1. The molecule has 0 atom stereocenters. The van der Waals surface area contributed by atoms with Crippen LogP contribution in [0.3, 0.4) is 0 Å². The summed E-state index contributed by atoms with van der Waals surface area (Å²) in [5, 5.41) is 0. The van der Waals surface area contributed by atoms with E-state index in [2.05, 4.69) is 9.97 Å². The first-order valence-electron chi connectivity index (χ1n) is 15.3. The van der Waals surface area contributed by atoms with Crippen LogP contribution in [0.4, 0.5) is 31.1 Å². The van der Waals surface area contributed by atoms with Crippen molar-refractivity contribution >= 4 is 30.4 Å². The maximum atomic E-state index is 12.8. The number of hydrogen-bond acceptors (Lipinski definition) is 8. The van der Waals surface area contributed by atoms with Crippen LogP contribution in [0.2, 0.25) is 0 Å². The summed E-state index contributed by atoms with van der Waals surface area (Å²) in [6.45, 7) is 6.05. The molecule has 50 heavy (non-hydrogen) atoms. The predicted octanol–water partition coefficient (Wildman–Crippen LogP) is 9.01. The fourth-order valence-electron chi connectivity index (χ4n) is 4.16. The van der Waals surface area contributed by atoms with E-state index in [1.165, 1.54) is 53.8 Å². The Morgan fingerprint density at radius 3 is 1.44 bits per heavy atom. The van der Waals surface area contributed by atoms with Crippen molar-refractivity contribution in [1.29, 1.82) is 0 Å². The van der Waals surface area contributed by atoms with E-state index in [0.717, 1.165) is 24.3 Å². The highest BCUT2D eigenvalue weighted by Gasteiger charge is 2.30. The van der Waals surface area contributed by atoms with Gasteiger partial charge in [0.2, 0.25) is 11.8 Å². The molecule has 0 spiro atoms. The summed E-state index contributed by atoms with van der Waals surface area (Å²) in [5.74, 6) is 0.482. The summed E-state index contributed by atoms with van der Waals surface area (Å²) in [5.41, 5.74) is -0.171. The van der Waals surface area contributed by atoms with Crippen LogP contribution in [0.15, 0.2) is 69.9 Å². The Morgan fingerprint density at radius 1 is 0.680 bits per heavy atom. The Labute approximate surface area is 284 Å². The topological polar surface area (TPSA) is 100 Å². The molecular weight excluding hydrogens is 672 g/mol. The molecule has 2 heterocycles. The summed E-state index contributed by atoms with van der Waals surface area (Å²) >= 11 is 0. The molecule has 2 aromatic heterocycles. The first-order valence-corrected chi connectivity index (χ1v) is 15.3. The third-order valence-electron chi connectivity index (χ3n) is 6.61. The molecule has 0 N–H and O–H groups in total. The minimum absolute atomic E-state index is 0.0814. The van der Waals surface area contributed by atoms with Crippen LogP contribution < -0.4 is 0 Å². The second kappa shape index (κ2) is 16.7. The Bertz CT molecular complexity index is 1610. The first-order chi connectivity index (χ1) is 23.5. The van der Waals surface area contributed by atoms with Crippen LogP contribution in [0.5, 0.6) is 0 Å². The first kappa shape index (κ1) is 37.9. The van der Waals surface area contributed by atoms with Gasteiger partial charge >= 0.3 is 18.4 Å². The standard InChI is InChI=1S/C35H35F6N3O6/c1-33(2,3)50-32(45)44(16-18-46-20-28-22-48-30(42-28)14-8-24-4-10-26(11-5-24)34(36,37)38)17-19-47-21-29-23-49-31(43-29)15-9-25-6-12-27(13-7-25)35(39,40)41/h4-15,22-23H,16-21H2,1-3H3/b14-8+,15-9+. The maximum Gasteiger partial charge on any atom is 0.416 e. The van der Waals surface area contributed by atoms with Crippen LogP contribution in [0.1, 0.15) is 66.2 Å². The van der Waals surface area contributed by atoms with Crippen molar-refractivity contribution in [2.75, 3.05) is 26.3 Å². The lowest BCUT2D eigenvalue weighted by Gasteiger charge is -2.27. The van der Waals surface area contributed by atoms with E-state index < -0.39 is 35.2 Å². The lowest BCUT2D eigenvalue weighted by atomic mass is 10.1. The Hall–Kier alpha value is -4.89. The van der Waals surface area contributed by atoms with Crippen molar-refractivity contribution in [1.82, 2.24) is 14.9 Å². The molecule has 2 aromatic carbocycles. The fraction of sp³-hybridized carbons (Fsp3) is 0.343. The quantitative estimate of drug-likeness (QED) is 0.0946. The molecule has 268 valence electrons. The smallest absolute Gasteiger partial charge is 0.416 e. The number of amides is 1. The maximum absolute atomic E-state index is 12.8. The van der Waals surface area contributed by atoms with Crippen LogP contribution in [-0.4, -0.2) is 52.9 Å². The highest BCUT2D eigenvalue weighted by atomic mass is 19.4. The van der Waals surface area contributed by atoms with E-state index in [-0.39, 0.29) is 51.3 Å². The van der Waals surface area contributed by atoms with E-state index in [9.17, 15) is 31.1 Å². The minimum Gasteiger partial charge on any atom is -0.445 e. The van der Waals surface area contributed by atoms with Gasteiger partial charge < -0.3 is 27.9 Å². The van der Waals surface area contributed by atoms with E-state index in [1.807, 2.05) is 0 Å².